The molecule has 2 heterocycles. The number of amides is 2. The van der Waals surface area contributed by atoms with Gasteiger partial charge in [-0.1, -0.05) is 55.1 Å². The predicted octanol–water partition coefficient (Wildman–Crippen LogP) is 8.01. The number of ketones is 1. The van der Waals surface area contributed by atoms with Gasteiger partial charge in [0.15, 0.2) is 17.3 Å². The summed E-state index contributed by atoms with van der Waals surface area (Å²) in [6.45, 7) is 1.35. The highest BCUT2D eigenvalue weighted by molar-refractivity contribution is 6.49. The summed E-state index contributed by atoms with van der Waals surface area (Å²) < 4.78 is 37.7. The van der Waals surface area contributed by atoms with Gasteiger partial charge >= 0.3 is 0 Å². The van der Waals surface area contributed by atoms with E-state index in [1.807, 2.05) is 24.3 Å². The van der Waals surface area contributed by atoms with Crippen molar-refractivity contribution in [3.05, 3.63) is 107 Å². The summed E-state index contributed by atoms with van der Waals surface area (Å²) in [7, 11) is 1.55. The average molecular weight is 727 g/mol. The molecule has 268 valence electrons. The van der Waals surface area contributed by atoms with Crippen molar-refractivity contribution in [2.75, 3.05) is 32.2 Å². The van der Waals surface area contributed by atoms with E-state index in [0.717, 1.165) is 38.5 Å². The molecule has 0 spiro atoms. The van der Waals surface area contributed by atoms with Crippen LogP contribution in [0.25, 0.3) is 10.9 Å². The zero-order valence-corrected chi connectivity index (χ0v) is 29.1. The van der Waals surface area contributed by atoms with Crippen molar-refractivity contribution in [2.24, 2.45) is 0 Å². The van der Waals surface area contributed by atoms with Crippen molar-refractivity contribution < 1.29 is 37.7 Å². The first-order valence-corrected chi connectivity index (χ1v) is 17.2. The normalized spacial score (nSPS) is 12.4. The van der Waals surface area contributed by atoms with Gasteiger partial charge in [0, 0.05) is 23.6 Å². The number of aryl methyl sites for hydroxylation is 1. The number of rotatable bonds is 17. The lowest BCUT2D eigenvalue weighted by Gasteiger charge is -2.17. The summed E-state index contributed by atoms with van der Waals surface area (Å²) in [6.07, 6.45) is 7.53. The molecule has 0 fully saturated rings. The average Bonchev–Trinajstić information content (AvgIpc) is 3.15. The number of hydrogen-bond acceptors (Lipinski definition) is 10. The Kier molecular flexibility index (Phi) is 11.9. The lowest BCUT2D eigenvalue weighted by Crippen LogP contribution is -2.42. The van der Waals surface area contributed by atoms with E-state index in [2.05, 4.69) is 20.6 Å². The Bertz CT molecular complexity index is 2090. The Hall–Kier alpha value is -5.59. The number of fused-ring (bicyclic) bond motifs is 2. The van der Waals surface area contributed by atoms with E-state index in [1.165, 1.54) is 24.0 Å². The van der Waals surface area contributed by atoms with E-state index in [9.17, 15) is 18.8 Å². The Morgan fingerprint density at radius 2 is 1.60 bits per heavy atom. The second-order valence-electron chi connectivity index (χ2n) is 12.0. The number of aromatic nitrogens is 2. The molecule has 5 aromatic rings. The minimum absolute atomic E-state index is 0.00567. The summed E-state index contributed by atoms with van der Waals surface area (Å²) in [4.78, 5) is 44.8. The number of nitrogens with zero attached hydrogens (tertiary/aromatic N) is 2. The number of nitrogens with one attached hydrogen (secondary N) is 2. The third-order valence-corrected chi connectivity index (χ3v) is 8.74. The van der Waals surface area contributed by atoms with Crippen LogP contribution in [-0.4, -0.2) is 54.5 Å². The molecule has 1 aromatic heterocycles. The first kappa shape index (κ1) is 36.2. The van der Waals surface area contributed by atoms with Gasteiger partial charge in [0.05, 0.1) is 35.5 Å². The molecule has 2 N–H and O–H groups in total. The molecule has 13 heteroatoms. The molecule has 1 aliphatic rings. The number of imide groups is 1. The second-order valence-corrected chi connectivity index (χ2v) is 12.4. The number of anilines is 2. The minimum Gasteiger partial charge on any atom is -0.493 e. The van der Waals surface area contributed by atoms with E-state index in [0.29, 0.717) is 53.8 Å². The first-order chi connectivity index (χ1) is 25.3. The van der Waals surface area contributed by atoms with Crippen LogP contribution in [0.4, 0.5) is 15.9 Å². The van der Waals surface area contributed by atoms with Gasteiger partial charge in [-0.2, -0.15) is 0 Å². The molecule has 0 saturated carbocycles. The molecule has 0 unspecified atom stereocenters. The molecule has 11 nitrogen and oxygen atoms in total. The fourth-order valence-electron chi connectivity index (χ4n) is 5.78. The maximum absolute atomic E-state index is 14.5. The molecule has 2 amide bonds. The lowest BCUT2D eigenvalue weighted by atomic mass is 9.98. The Morgan fingerprint density at radius 3 is 2.42 bits per heavy atom. The molecule has 6 rings (SSSR count). The van der Waals surface area contributed by atoms with Gasteiger partial charge in [0.25, 0.3) is 17.6 Å². The summed E-state index contributed by atoms with van der Waals surface area (Å²) in [5.74, 6) is -0.772. The largest absolute Gasteiger partial charge is 0.493 e. The first-order valence-electron chi connectivity index (χ1n) is 16.9. The van der Waals surface area contributed by atoms with Gasteiger partial charge in [-0.05, 0) is 67.3 Å². The van der Waals surface area contributed by atoms with E-state index >= 15 is 0 Å². The van der Waals surface area contributed by atoms with Crippen LogP contribution in [0.5, 0.6) is 23.0 Å². The monoisotopic (exact) mass is 726 g/mol. The van der Waals surface area contributed by atoms with Crippen molar-refractivity contribution in [1.29, 1.82) is 0 Å². The van der Waals surface area contributed by atoms with Crippen LogP contribution in [0, 0.1) is 5.82 Å². The van der Waals surface area contributed by atoms with Crippen LogP contribution >= 0.6 is 11.6 Å². The number of methoxy groups -OCH3 is 1. The molecule has 0 atom stereocenters. The highest BCUT2D eigenvalue weighted by Crippen LogP contribution is 2.36. The summed E-state index contributed by atoms with van der Waals surface area (Å²) in [6, 6.07) is 20.4. The van der Waals surface area contributed by atoms with Crippen LogP contribution in [0.2, 0.25) is 5.02 Å². The molecule has 4 aromatic carbocycles. The van der Waals surface area contributed by atoms with Crippen molar-refractivity contribution >= 4 is 51.6 Å². The van der Waals surface area contributed by atoms with Crippen molar-refractivity contribution in [2.45, 2.75) is 38.5 Å². The fourth-order valence-corrected chi connectivity index (χ4v) is 5.95. The number of carbonyl (C=O) groups is 3. The Balaban J connectivity index is 0.880. The molecule has 0 aliphatic carbocycles. The number of hydrogen-bond donors (Lipinski definition) is 2. The quantitative estimate of drug-likeness (QED) is 0.0551. The molecule has 52 heavy (non-hydrogen) atoms. The van der Waals surface area contributed by atoms with Crippen LogP contribution in [-0.2, 0) is 16.0 Å². The lowest BCUT2D eigenvalue weighted by molar-refractivity contribution is -0.116. The van der Waals surface area contributed by atoms with Crippen molar-refractivity contribution in [3.63, 3.8) is 0 Å². The number of halogens is 2. The molecule has 0 saturated heterocycles. The summed E-state index contributed by atoms with van der Waals surface area (Å²) in [5.41, 5.74) is 2.07. The van der Waals surface area contributed by atoms with Gasteiger partial charge in [-0.3, -0.25) is 19.7 Å². The topological polar surface area (TPSA) is 138 Å². The van der Waals surface area contributed by atoms with E-state index in [-0.39, 0.29) is 27.6 Å². The maximum Gasteiger partial charge on any atom is 0.299 e. The van der Waals surface area contributed by atoms with Crippen LogP contribution in [0.1, 0.15) is 58.4 Å². The highest BCUT2D eigenvalue weighted by atomic mass is 35.5. The van der Waals surface area contributed by atoms with E-state index in [4.69, 9.17) is 30.5 Å². The van der Waals surface area contributed by atoms with E-state index in [1.54, 1.807) is 43.5 Å². The standard InChI is InChI=1S/C39H36ClFN4O7/c1-49-32-22-30-27(37(43-23-42-30)44-29-12-8-11-28(40)35(29)41)21-33(32)51-20-19-50-18-6-4-2-3-5-9-24-14-16-25(17-15-24)52-31-13-7-10-26-34(31)38(47)45-39(48)36(26)46/h7-8,10-17,21-23H,2-6,9,18-20H2,1H3,(H,42,43,44)(H,45,47,48). The Morgan fingerprint density at radius 1 is 0.808 bits per heavy atom. The van der Waals surface area contributed by atoms with Gasteiger partial charge in [-0.25, -0.2) is 14.4 Å². The maximum atomic E-state index is 14.5. The number of carbonyl (C=O) groups excluding carboxylic acids is 3. The third kappa shape index (κ3) is 8.64. The zero-order chi connectivity index (χ0) is 36.5. The molecule has 0 bridgehead atoms. The molecule has 1 aliphatic heterocycles. The number of Topliss-reactive ketones (excluding diaryl/α,β-unsaturated/α-hetero) is 1. The third-order valence-electron chi connectivity index (χ3n) is 8.45. The molecule has 0 radical (unpaired) electrons. The summed E-state index contributed by atoms with van der Waals surface area (Å²) in [5, 5.41) is 5.69. The number of ether oxygens (including phenoxy) is 4. The Labute approximate surface area is 304 Å². The smallest absolute Gasteiger partial charge is 0.299 e. The van der Waals surface area contributed by atoms with Gasteiger partial charge in [0.2, 0.25) is 0 Å². The molecular weight excluding hydrogens is 691 g/mol. The highest BCUT2D eigenvalue weighted by Gasteiger charge is 2.33. The van der Waals surface area contributed by atoms with Gasteiger partial charge in [0.1, 0.15) is 30.3 Å². The number of benzene rings is 4. The summed E-state index contributed by atoms with van der Waals surface area (Å²) >= 11 is 5.94. The van der Waals surface area contributed by atoms with Crippen LogP contribution < -0.4 is 24.8 Å². The molecular formula is C39H36ClFN4O7. The second kappa shape index (κ2) is 17.1. The fraction of sp³-hybridized carbons (Fsp3) is 0.256. The zero-order valence-electron chi connectivity index (χ0n) is 28.4. The minimum atomic E-state index is -0.939. The van der Waals surface area contributed by atoms with Gasteiger partial charge < -0.3 is 24.3 Å². The van der Waals surface area contributed by atoms with E-state index < -0.39 is 23.4 Å². The van der Waals surface area contributed by atoms with Crippen molar-refractivity contribution in [3.8, 4) is 23.0 Å². The predicted molar refractivity (Wildman–Crippen MR) is 194 cm³/mol. The van der Waals surface area contributed by atoms with Gasteiger partial charge in [-0.15, -0.1) is 0 Å². The van der Waals surface area contributed by atoms with Crippen LogP contribution in [0.3, 0.4) is 0 Å². The SMILES string of the molecule is COc1cc2ncnc(Nc3cccc(Cl)c3F)c2cc1OCCOCCCCCCCc1ccc(Oc2cccc3c2C(=O)NC(=O)C3=O)cc1. The van der Waals surface area contributed by atoms with Crippen molar-refractivity contribution in [1.82, 2.24) is 15.3 Å². The number of unbranched alkanes of at least 4 members (excludes halogenated alkanes) is 4. The van der Waals surface area contributed by atoms with Crippen LogP contribution in [0.15, 0.2) is 79.1 Å².